The molecule has 0 aliphatic heterocycles. The summed E-state index contributed by atoms with van der Waals surface area (Å²) in [6, 6.07) is 16.6. The van der Waals surface area contributed by atoms with Crippen molar-refractivity contribution in [3.05, 3.63) is 77.9 Å². The van der Waals surface area contributed by atoms with Crippen LogP contribution in [-0.4, -0.2) is 24.1 Å². The van der Waals surface area contributed by atoms with Crippen LogP contribution in [0.3, 0.4) is 0 Å². The molecule has 0 saturated heterocycles. The summed E-state index contributed by atoms with van der Waals surface area (Å²) >= 11 is 1.50. The molecule has 118 valence electrons. The van der Waals surface area contributed by atoms with E-state index in [1.54, 1.807) is 19.1 Å². The van der Waals surface area contributed by atoms with E-state index in [-0.39, 0.29) is 18.4 Å². The molecule has 0 N–H and O–H groups in total. The molecule has 0 atom stereocenters. The van der Waals surface area contributed by atoms with Crippen molar-refractivity contribution in [1.29, 1.82) is 0 Å². The van der Waals surface area contributed by atoms with Crippen LogP contribution in [0.15, 0.2) is 71.6 Å². The molecule has 0 aliphatic carbocycles. The first-order valence-electron chi connectivity index (χ1n) is 7.24. The van der Waals surface area contributed by atoms with Gasteiger partial charge >= 0.3 is 5.97 Å². The molecule has 0 aromatic heterocycles. The third-order valence-corrected chi connectivity index (χ3v) is 4.13. The molecule has 0 amide bonds. The lowest BCUT2D eigenvalue weighted by molar-refractivity contribution is -0.138. The zero-order valence-electron chi connectivity index (χ0n) is 13.0. The molecule has 0 heterocycles. The van der Waals surface area contributed by atoms with Crippen LogP contribution in [-0.2, 0) is 9.53 Å². The molecule has 0 fully saturated rings. The Morgan fingerprint density at radius 1 is 1.04 bits per heavy atom. The monoisotopic (exact) mass is 326 g/mol. The van der Waals surface area contributed by atoms with Gasteiger partial charge in [0.1, 0.15) is 6.61 Å². The van der Waals surface area contributed by atoms with E-state index in [0.29, 0.717) is 22.5 Å². The molecular weight excluding hydrogens is 308 g/mol. The van der Waals surface area contributed by atoms with Crippen LogP contribution in [0.5, 0.6) is 0 Å². The summed E-state index contributed by atoms with van der Waals surface area (Å²) in [5, 5.41) is 0. The predicted molar refractivity (Wildman–Crippen MR) is 92.8 cm³/mol. The van der Waals surface area contributed by atoms with Gasteiger partial charge in [-0.05, 0) is 19.1 Å². The summed E-state index contributed by atoms with van der Waals surface area (Å²) in [5.41, 5.74) is 1.71. The van der Waals surface area contributed by atoms with Crippen LogP contribution in [0, 0.1) is 0 Å². The second-order valence-electron chi connectivity index (χ2n) is 4.96. The maximum Gasteiger partial charge on any atom is 0.333 e. The number of esters is 1. The van der Waals surface area contributed by atoms with E-state index < -0.39 is 0 Å². The lowest BCUT2D eigenvalue weighted by Crippen LogP contribution is -2.08. The molecule has 0 radical (unpaired) electrons. The maximum absolute atomic E-state index is 12.6. The minimum absolute atomic E-state index is 0.00682. The van der Waals surface area contributed by atoms with Crippen molar-refractivity contribution < 1.29 is 14.3 Å². The Morgan fingerprint density at radius 3 is 2.39 bits per heavy atom. The third kappa shape index (κ3) is 4.83. The first-order valence-corrected chi connectivity index (χ1v) is 8.22. The number of carbonyl (C=O) groups excluding carboxylic acids is 2. The fraction of sp³-hybridized carbons (Fsp3) is 0.158. The predicted octanol–water partition coefficient (Wildman–Crippen LogP) is 4.13. The smallest absolute Gasteiger partial charge is 0.333 e. The van der Waals surface area contributed by atoms with Gasteiger partial charge in [-0.25, -0.2) is 4.79 Å². The maximum atomic E-state index is 12.6. The summed E-state index contributed by atoms with van der Waals surface area (Å²) in [4.78, 5) is 24.8. The Hall–Kier alpha value is -2.33. The van der Waals surface area contributed by atoms with E-state index in [4.69, 9.17) is 4.74 Å². The summed E-state index contributed by atoms with van der Waals surface area (Å²) < 4.78 is 5.07. The Kier molecular flexibility index (Phi) is 6.18. The van der Waals surface area contributed by atoms with E-state index in [9.17, 15) is 9.59 Å². The van der Waals surface area contributed by atoms with Gasteiger partial charge in [-0.3, -0.25) is 4.79 Å². The van der Waals surface area contributed by atoms with Gasteiger partial charge < -0.3 is 4.74 Å². The van der Waals surface area contributed by atoms with Gasteiger partial charge in [-0.15, -0.1) is 11.8 Å². The van der Waals surface area contributed by atoms with Crippen LogP contribution in [0.2, 0.25) is 0 Å². The molecule has 4 heteroatoms. The summed E-state index contributed by atoms with van der Waals surface area (Å²) in [5.74, 6) is 0.185. The standard InChI is InChI=1S/C19H18O3S/c1-14(2)19(21)22-12-13-23-17-11-7-6-10-16(17)18(20)15-8-4-3-5-9-15/h3-11H,1,12-13H2,2H3. The van der Waals surface area contributed by atoms with Crippen LogP contribution in [0.1, 0.15) is 22.8 Å². The number of rotatable bonds is 7. The number of benzene rings is 2. The van der Waals surface area contributed by atoms with Crippen molar-refractivity contribution in [2.24, 2.45) is 0 Å². The number of ketones is 1. The third-order valence-electron chi connectivity index (χ3n) is 3.09. The summed E-state index contributed by atoms with van der Waals surface area (Å²) in [6.45, 7) is 5.43. The molecule has 2 rings (SSSR count). The average molecular weight is 326 g/mol. The van der Waals surface area contributed by atoms with E-state index in [1.807, 2.05) is 42.5 Å². The van der Waals surface area contributed by atoms with Crippen LogP contribution in [0.4, 0.5) is 0 Å². The molecule has 0 saturated carbocycles. The molecule has 0 spiro atoms. The zero-order valence-corrected chi connectivity index (χ0v) is 13.8. The first-order chi connectivity index (χ1) is 11.1. The topological polar surface area (TPSA) is 43.4 Å². The minimum Gasteiger partial charge on any atom is -0.461 e. The normalized spacial score (nSPS) is 10.1. The molecule has 0 aliphatic rings. The number of thioether (sulfide) groups is 1. The van der Waals surface area contributed by atoms with E-state index in [0.717, 1.165) is 4.90 Å². The van der Waals surface area contributed by atoms with Crippen LogP contribution in [0.25, 0.3) is 0 Å². The first kappa shape index (κ1) is 17.0. The molecule has 2 aromatic rings. The van der Waals surface area contributed by atoms with Crippen molar-refractivity contribution >= 4 is 23.5 Å². The quantitative estimate of drug-likeness (QED) is 0.252. The van der Waals surface area contributed by atoms with Gasteiger partial charge in [0.2, 0.25) is 0 Å². The summed E-state index contributed by atoms with van der Waals surface area (Å²) in [7, 11) is 0. The highest BCUT2D eigenvalue weighted by Crippen LogP contribution is 2.24. The molecule has 2 aromatic carbocycles. The molecule has 23 heavy (non-hydrogen) atoms. The van der Waals surface area contributed by atoms with E-state index >= 15 is 0 Å². The van der Waals surface area contributed by atoms with E-state index in [1.165, 1.54) is 11.8 Å². The van der Waals surface area contributed by atoms with Gasteiger partial charge in [0.25, 0.3) is 0 Å². The van der Waals surface area contributed by atoms with Crippen molar-refractivity contribution in [2.45, 2.75) is 11.8 Å². The summed E-state index contributed by atoms with van der Waals surface area (Å²) in [6.07, 6.45) is 0. The van der Waals surface area contributed by atoms with Crippen molar-refractivity contribution in [2.75, 3.05) is 12.4 Å². The molecule has 3 nitrogen and oxygen atoms in total. The number of ether oxygens (including phenoxy) is 1. The SMILES string of the molecule is C=C(C)C(=O)OCCSc1ccccc1C(=O)c1ccccc1. The van der Waals surface area contributed by atoms with Gasteiger partial charge in [-0.2, -0.15) is 0 Å². The Morgan fingerprint density at radius 2 is 1.70 bits per heavy atom. The lowest BCUT2D eigenvalue weighted by Gasteiger charge is -2.09. The Bertz CT molecular complexity index is 708. The second kappa shape index (κ2) is 8.34. The van der Waals surface area contributed by atoms with Gasteiger partial charge in [0.15, 0.2) is 5.78 Å². The highest BCUT2D eigenvalue weighted by atomic mass is 32.2. The van der Waals surface area contributed by atoms with Crippen molar-refractivity contribution in [3.63, 3.8) is 0 Å². The number of hydrogen-bond acceptors (Lipinski definition) is 4. The molecular formula is C19H18O3S. The van der Waals surface area contributed by atoms with Crippen LogP contribution < -0.4 is 0 Å². The lowest BCUT2D eigenvalue weighted by atomic mass is 10.0. The fourth-order valence-corrected chi connectivity index (χ4v) is 2.81. The Labute approximate surface area is 140 Å². The number of carbonyl (C=O) groups is 2. The second-order valence-corrected chi connectivity index (χ2v) is 6.09. The van der Waals surface area contributed by atoms with Crippen molar-refractivity contribution in [3.8, 4) is 0 Å². The highest BCUT2D eigenvalue weighted by Gasteiger charge is 2.13. The largest absolute Gasteiger partial charge is 0.461 e. The highest BCUT2D eigenvalue weighted by molar-refractivity contribution is 7.99. The van der Waals surface area contributed by atoms with Gasteiger partial charge in [-0.1, -0.05) is 49.0 Å². The van der Waals surface area contributed by atoms with Crippen LogP contribution >= 0.6 is 11.8 Å². The van der Waals surface area contributed by atoms with Gasteiger partial charge in [0.05, 0.1) is 0 Å². The average Bonchev–Trinajstić information content (AvgIpc) is 2.59. The van der Waals surface area contributed by atoms with Gasteiger partial charge in [0, 0.05) is 27.3 Å². The molecule has 0 unspecified atom stereocenters. The Balaban J connectivity index is 2.02. The zero-order chi connectivity index (χ0) is 16.7. The number of hydrogen-bond donors (Lipinski definition) is 0. The molecule has 0 bridgehead atoms. The van der Waals surface area contributed by atoms with E-state index in [2.05, 4.69) is 6.58 Å². The van der Waals surface area contributed by atoms with Crippen molar-refractivity contribution in [1.82, 2.24) is 0 Å². The fourth-order valence-electron chi connectivity index (χ4n) is 1.93. The minimum atomic E-state index is -0.390.